The molecule has 0 bridgehead atoms. The SMILES string of the molecule is COc1cc(C=NNC(=O)C(C)n2cnc3sc4c(c3c2=O)CCC(C)C4)ccc1OCc1ccc(Br)cc1. The maximum absolute atomic E-state index is 13.3. The molecule has 1 N–H and O–H groups in total. The number of thiophene rings is 1. The molecule has 202 valence electrons. The number of rotatable bonds is 8. The van der Waals surface area contributed by atoms with Gasteiger partial charge in [0.2, 0.25) is 0 Å². The Bertz CT molecular complexity index is 1600. The third kappa shape index (κ3) is 5.91. The number of nitrogens with zero attached hydrogens (tertiary/aromatic N) is 3. The predicted octanol–water partition coefficient (Wildman–Crippen LogP) is 5.64. The Kier molecular flexibility index (Phi) is 8.13. The molecule has 0 fully saturated rings. The number of benzene rings is 2. The molecule has 0 radical (unpaired) electrons. The van der Waals surface area contributed by atoms with Crippen LogP contribution in [0.25, 0.3) is 10.2 Å². The van der Waals surface area contributed by atoms with E-state index in [1.54, 1.807) is 37.5 Å². The zero-order valence-electron chi connectivity index (χ0n) is 21.9. The van der Waals surface area contributed by atoms with Crippen molar-refractivity contribution in [1.29, 1.82) is 0 Å². The lowest BCUT2D eigenvalue weighted by atomic mass is 9.89. The standard InChI is InChI=1S/C29H29BrN4O4S/c1-17-4-10-22-25(12-17)39-28-26(22)29(36)34(16-31-28)18(2)27(35)33-32-14-20-7-11-23(24(13-20)37-3)38-15-19-5-8-21(30)9-6-19/h5-9,11,13-14,16-18H,4,10,12,15H2,1-3H3,(H,33,35). The number of hydrogen-bond acceptors (Lipinski definition) is 7. The quantitative estimate of drug-likeness (QED) is 0.206. The molecule has 8 nitrogen and oxygen atoms in total. The van der Waals surface area contributed by atoms with E-state index in [4.69, 9.17) is 9.47 Å². The van der Waals surface area contributed by atoms with E-state index in [0.717, 1.165) is 45.3 Å². The third-order valence-corrected chi connectivity index (χ3v) is 8.61. The Morgan fingerprint density at radius 3 is 2.85 bits per heavy atom. The van der Waals surface area contributed by atoms with E-state index in [9.17, 15) is 9.59 Å². The predicted molar refractivity (Wildman–Crippen MR) is 157 cm³/mol. The number of methoxy groups -OCH3 is 1. The Balaban J connectivity index is 1.25. The number of ether oxygens (including phenoxy) is 2. The normalized spacial score (nSPS) is 15.7. The number of aryl methyl sites for hydroxylation is 1. The van der Waals surface area contributed by atoms with Crippen LogP contribution >= 0.6 is 27.3 Å². The van der Waals surface area contributed by atoms with E-state index in [1.807, 2.05) is 30.3 Å². The van der Waals surface area contributed by atoms with Crippen molar-refractivity contribution in [3.8, 4) is 11.5 Å². The summed E-state index contributed by atoms with van der Waals surface area (Å²) in [6.45, 7) is 4.30. The summed E-state index contributed by atoms with van der Waals surface area (Å²) in [6, 6.07) is 12.5. The molecular weight excluding hydrogens is 580 g/mol. The number of carbonyl (C=O) groups is 1. The fraction of sp³-hybridized carbons (Fsp3) is 0.310. The first-order chi connectivity index (χ1) is 18.8. The molecule has 0 spiro atoms. The molecule has 2 aromatic heterocycles. The Morgan fingerprint density at radius 1 is 1.28 bits per heavy atom. The molecule has 2 aromatic carbocycles. The topological polar surface area (TPSA) is 94.8 Å². The maximum atomic E-state index is 13.3. The van der Waals surface area contributed by atoms with Crippen molar-refractivity contribution in [2.24, 2.45) is 11.0 Å². The number of hydrazone groups is 1. The number of nitrogens with one attached hydrogen (secondary N) is 1. The maximum Gasteiger partial charge on any atom is 0.263 e. The van der Waals surface area contributed by atoms with Gasteiger partial charge in [-0.25, -0.2) is 10.4 Å². The number of fused-ring (bicyclic) bond motifs is 3. The van der Waals surface area contributed by atoms with Crippen molar-refractivity contribution < 1.29 is 14.3 Å². The van der Waals surface area contributed by atoms with E-state index in [2.05, 4.69) is 38.4 Å². The highest BCUT2D eigenvalue weighted by Gasteiger charge is 2.25. The second-order valence-corrected chi connectivity index (χ2v) is 11.7. The minimum atomic E-state index is -0.770. The smallest absolute Gasteiger partial charge is 0.263 e. The molecule has 10 heteroatoms. The van der Waals surface area contributed by atoms with Gasteiger partial charge < -0.3 is 9.47 Å². The van der Waals surface area contributed by atoms with Crippen LogP contribution in [0, 0.1) is 5.92 Å². The molecule has 2 unspecified atom stereocenters. The number of carbonyl (C=O) groups excluding carboxylic acids is 1. The summed E-state index contributed by atoms with van der Waals surface area (Å²) in [5.41, 5.74) is 5.21. The van der Waals surface area contributed by atoms with Crippen LogP contribution in [-0.2, 0) is 24.2 Å². The summed E-state index contributed by atoms with van der Waals surface area (Å²) in [4.78, 5) is 32.7. The fourth-order valence-corrected chi connectivity index (χ4v) is 6.24. The summed E-state index contributed by atoms with van der Waals surface area (Å²) in [6.07, 6.45) is 5.89. The molecular formula is C29H29BrN4O4S. The lowest BCUT2D eigenvalue weighted by molar-refractivity contribution is -0.123. The number of amides is 1. The van der Waals surface area contributed by atoms with Gasteiger partial charge in [0.25, 0.3) is 11.5 Å². The van der Waals surface area contributed by atoms with Gasteiger partial charge >= 0.3 is 0 Å². The van der Waals surface area contributed by atoms with Gasteiger partial charge in [-0.3, -0.25) is 14.2 Å². The average Bonchev–Trinajstić information content (AvgIpc) is 3.31. The van der Waals surface area contributed by atoms with Crippen molar-refractivity contribution in [3.63, 3.8) is 0 Å². The Labute approximate surface area is 238 Å². The molecule has 2 atom stereocenters. The summed E-state index contributed by atoms with van der Waals surface area (Å²) < 4.78 is 13.8. The van der Waals surface area contributed by atoms with Gasteiger partial charge in [-0.2, -0.15) is 5.10 Å². The second-order valence-electron chi connectivity index (χ2n) is 9.72. The third-order valence-electron chi connectivity index (χ3n) is 6.92. The van der Waals surface area contributed by atoms with E-state index in [-0.39, 0.29) is 5.56 Å². The van der Waals surface area contributed by atoms with Gasteiger partial charge in [-0.15, -0.1) is 11.3 Å². The second kappa shape index (κ2) is 11.7. The van der Waals surface area contributed by atoms with Crippen molar-refractivity contribution >= 4 is 49.6 Å². The summed E-state index contributed by atoms with van der Waals surface area (Å²) in [7, 11) is 1.57. The first kappa shape index (κ1) is 27.1. The highest BCUT2D eigenvalue weighted by atomic mass is 79.9. The van der Waals surface area contributed by atoms with Gasteiger partial charge in [0, 0.05) is 9.35 Å². The van der Waals surface area contributed by atoms with E-state index in [1.165, 1.54) is 22.0 Å². The minimum absolute atomic E-state index is 0.179. The molecule has 5 rings (SSSR count). The van der Waals surface area contributed by atoms with E-state index in [0.29, 0.717) is 29.4 Å². The fourth-order valence-electron chi connectivity index (χ4n) is 4.64. The van der Waals surface area contributed by atoms with Crippen molar-refractivity contribution in [2.75, 3.05) is 7.11 Å². The van der Waals surface area contributed by atoms with Gasteiger partial charge in [-0.05, 0) is 79.1 Å². The number of aromatic nitrogens is 2. The van der Waals surface area contributed by atoms with Crippen molar-refractivity contribution in [2.45, 2.75) is 45.8 Å². The zero-order valence-corrected chi connectivity index (χ0v) is 24.3. The van der Waals surface area contributed by atoms with Crippen LogP contribution in [0.4, 0.5) is 0 Å². The minimum Gasteiger partial charge on any atom is -0.493 e. The van der Waals surface area contributed by atoms with Crippen LogP contribution in [0.3, 0.4) is 0 Å². The number of halogens is 1. The molecule has 39 heavy (non-hydrogen) atoms. The van der Waals surface area contributed by atoms with Crippen molar-refractivity contribution in [1.82, 2.24) is 15.0 Å². The lowest BCUT2D eigenvalue weighted by Gasteiger charge is -2.18. The van der Waals surface area contributed by atoms with Gasteiger partial charge in [-0.1, -0.05) is 35.0 Å². The summed E-state index contributed by atoms with van der Waals surface area (Å²) in [5, 5.41) is 4.75. The lowest BCUT2D eigenvalue weighted by Crippen LogP contribution is -2.34. The molecule has 0 saturated heterocycles. The van der Waals surface area contributed by atoms with E-state index < -0.39 is 11.9 Å². The van der Waals surface area contributed by atoms with Crippen molar-refractivity contribution in [3.05, 3.63) is 85.2 Å². The van der Waals surface area contributed by atoms with Gasteiger partial charge in [0.15, 0.2) is 11.5 Å². The Morgan fingerprint density at radius 2 is 2.08 bits per heavy atom. The molecule has 1 aliphatic rings. The molecule has 0 saturated carbocycles. The molecule has 1 amide bonds. The van der Waals surface area contributed by atoms with Crippen LogP contribution in [-0.4, -0.2) is 28.8 Å². The molecule has 2 heterocycles. The molecule has 0 aliphatic heterocycles. The highest BCUT2D eigenvalue weighted by molar-refractivity contribution is 9.10. The van der Waals surface area contributed by atoms with E-state index >= 15 is 0 Å². The van der Waals surface area contributed by atoms with Gasteiger partial charge in [0.1, 0.15) is 17.5 Å². The average molecular weight is 610 g/mol. The summed E-state index contributed by atoms with van der Waals surface area (Å²) in [5.74, 6) is 1.35. The van der Waals surface area contributed by atoms with Crippen LogP contribution in [0.1, 0.15) is 47.9 Å². The first-order valence-corrected chi connectivity index (χ1v) is 14.3. The Hall–Kier alpha value is -3.50. The number of hydrogen-bond donors (Lipinski definition) is 1. The highest BCUT2D eigenvalue weighted by Crippen LogP contribution is 2.35. The molecule has 1 aliphatic carbocycles. The molecule has 4 aromatic rings. The monoisotopic (exact) mass is 608 g/mol. The summed E-state index contributed by atoms with van der Waals surface area (Å²) >= 11 is 5.02. The van der Waals surface area contributed by atoms with Crippen LogP contribution < -0.4 is 20.5 Å². The largest absolute Gasteiger partial charge is 0.493 e. The zero-order chi connectivity index (χ0) is 27.5. The first-order valence-electron chi connectivity index (χ1n) is 12.7. The van der Waals surface area contributed by atoms with Crippen LogP contribution in [0.2, 0.25) is 0 Å². The van der Waals surface area contributed by atoms with Crippen LogP contribution in [0.5, 0.6) is 11.5 Å². The van der Waals surface area contributed by atoms with Crippen LogP contribution in [0.15, 0.2) is 63.2 Å². The van der Waals surface area contributed by atoms with Gasteiger partial charge in [0.05, 0.1) is 25.0 Å².